The SMILES string of the molecule is COc1ccc(C)cc1NC(C)C(=O)N1CCc2ccccc2C1. The molecule has 1 amide bonds. The monoisotopic (exact) mass is 324 g/mol. The maximum absolute atomic E-state index is 12.8. The number of hydrogen-bond acceptors (Lipinski definition) is 3. The van der Waals surface area contributed by atoms with Crippen LogP contribution in [-0.4, -0.2) is 30.5 Å². The van der Waals surface area contributed by atoms with Gasteiger partial charge in [0.15, 0.2) is 0 Å². The molecule has 1 atom stereocenters. The first kappa shape index (κ1) is 16.4. The molecule has 2 aromatic rings. The Balaban J connectivity index is 1.71. The lowest BCUT2D eigenvalue weighted by Crippen LogP contribution is -2.43. The van der Waals surface area contributed by atoms with Crippen molar-refractivity contribution in [1.29, 1.82) is 0 Å². The lowest BCUT2D eigenvalue weighted by Gasteiger charge is -2.31. The molecule has 1 heterocycles. The van der Waals surface area contributed by atoms with Crippen molar-refractivity contribution in [2.75, 3.05) is 19.0 Å². The molecule has 0 radical (unpaired) electrons. The topological polar surface area (TPSA) is 41.6 Å². The highest BCUT2D eigenvalue weighted by molar-refractivity contribution is 5.85. The lowest BCUT2D eigenvalue weighted by molar-refractivity contribution is -0.132. The molecule has 1 aliphatic heterocycles. The molecule has 1 aliphatic rings. The van der Waals surface area contributed by atoms with Gasteiger partial charge >= 0.3 is 0 Å². The molecule has 0 spiro atoms. The molecule has 0 aromatic heterocycles. The molecule has 0 bridgehead atoms. The second-order valence-electron chi connectivity index (χ2n) is 6.35. The first-order valence-electron chi connectivity index (χ1n) is 8.35. The van der Waals surface area contributed by atoms with E-state index in [1.54, 1.807) is 7.11 Å². The number of anilines is 1. The number of ether oxygens (including phenoxy) is 1. The summed E-state index contributed by atoms with van der Waals surface area (Å²) in [7, 11) is 1.64. The Morgan fingerprint density at radius 1 is 1.21 bits per heavy atom. The number of methoxy groups -OCH3 is 1. The van der Waals surface area contributed by atoms with Gasteiger partial charge in [0.25, 0.3) is 0 Å². The first-order chi connectivity index (χ1) is 11.6. The average molecular weight is 324 g/mol. The van der Waals surface area contributed by atoms with E-state index in [1.807, 2.05) is 43.0 Å². The summed E-state index contributed by atoms with van der Waals surface area (Å²) in [5.41, 5.74) is 4.58. The van der Waals surface area contributed by atoms with Crippen LogP contribution >= 0.6 is 0 Å². The number of benzene rings is 2. The van der Waals surface area contributed by atoms with E-state index in [9.17, 15) is 4.79 Å². The molecule has 4 nitrogen and oxygen atoms in total. The van der Waals surface area contributed by atoms with Crippen LogP contribution in [-0.2, 0) is 17.8 Å². The van der Waals surface area contributed by atoms with Gasteiger partial charge in [-0.2, -0.15) is 0 Å². The van der Waals surface area contributed by atoms with Gasteiger partial charge in [-0.3, -0.25) is 4.79 Å². The zero-order valence-electron chi connectivity index (χ0n) is 14.5. The summed E-state index contributed by atoms with van der Waals surface area (Å²) >= 11 is 0. The van der Waals surface area contributed by atoms with E-state index in [4.69, 9.17) is 4.74 Å². The second-order valence-corrected chi connectivity index (χ2v) is 6.35. The molecular weight excluding hydrogens is 300 g/mol. The summed E-state index contributed by atoms with van der Waals surface area (Å²) in [6.07, 6.45) is 0.919. The third-order valence-corrected chi connectivity index (χ3v) is 4.54. The number of carbonyl (C=O) groups is 1. The average Bonchev–Trinajstić information content (AvgIpc) is 2.61. The number of aryl methyl sites for hydroxylation is 1. The van der Waals surface area contributed by atoms with Crippen LogP contribution in [0.25, 0.3) is 0 Å². The summed E-state index contributed by atoms with van der Waals surface area (Å²) in [5.74, 6) is 0.873. The van der Waals surface area contributed by atoms with Crippen molar-refractivity contribution in [3.05, 3.63) is 59.2 Å². The van der Waals surface area contributed by atoms with Gasteiger partial charge in [0.05, 0.1) is 12.8 Å². The molecule has 0 saturated heterocycles. The van der Waals surface area contributed by atoms with Gasteiger partial charge in [0.1, 0.15) is 11.8 Å². The number of fused-ring (bicyclic) bond motifs is 1. The zero-order valence-corrected chi connectivity index (χ0v) is 14.5. The van der Waals surface area contributed by atoms with Crippen LogP contribution in [0.1, 0.15) is 23.6 Å². The van der Waals surface area contributed by atoms with E-state index in [0.29, 0.717) is 6.54 Å². The van der Waals surface area contributed by atoms with Crippen molar-refractivity contribution >= 4 is 11.6 Å². The van der Waals surface area contributed by atoms with Crippen LogP contribution in [0, 0.1) is 6.92 Å². The van der Waals surface area contributed by atoms with Crippen molar-refractivity contribution in [3.63, 3.8) is 0 Å². The molecule has 0 aliphatic carbocycles. The Morgan fingerprint density at radius 2 is 1.96 bits per heavy atom. The van der Waals surface area contributed by atoms with Crippen LogP contribution in [0.5, 0.6) is 5.75 Å². The minimum Gasteiger partial charge on any atom is -0.495 e. The Kier molecular flexibility index (Phi) is 4.74. The fourth-order valence-corrected chi connectivity index (χ4v) is 3.19. The van der Waals surface area contributed by atoms with E-state index in [-0.39, 0.29) is 11.9 Å². The van der Waals surface area contributed by atoms with E-state index >= 15 is 0 Å². The number of nitrogens with zero attached hydrogens (tertiary/aromatic N) is 1. The summed E-state index contributed by atoms with van der Waals surface area (Å²) < 4.78 is 5.39. The molecule has 4 heteroatoms. The number of nitrogens with one attached hydrogen (secondary N) is 1. The number of amides is 1. The fourth-order valence-electron chi connectivity index (χ4n) is 3.19. The van der Waals surface area contributed by atoms with Gasteiger partial charge in [-0.1, -0.05) is 30.3 Å². The Bertz CT molecular complexity index is 742. The molecule has 1 N–H and O–H groups in total. The molecular formula is C20H24N2O2. The largest absolute Gasteiger partial charge is 0.495 e. The Labute approximate surface area is 143 Å². The quantitative estimate of drug-likeness (QED) is 0.937. The van der Waals surface area contributed by atoms with Crippen LogP contribution in [0.4, 0.5) is 5.69 Å². The van der Waals surface area contributed by atoms with Crippen LogP contribution < -0.4 is 10.1 Å². The van der Waals surface area contributed by atoms with Gasteiger partial charge in [0.2, 0.25) is 5.91 Å². The van der Waals surface area contributed by atoms with E-state index < -0.39 is 0 Å². The zero-order chi connectivity index (χ0) is 17.1. The highest BCUT2D eigenvalue weighted by Gasteiger charge is 2.25. The smallest absolute Gasteiger partial charge is 0.245 e. The first-order valence-corrected chi connectivity index (χ1v) is 8.35. The normalized spacial score (nSPS) is 14.7. The number of rotatable bonds is 4. The lowest BCUT2D eigenvalue weighted by atomic mass is 9.99. The second kappa shape index (κ2) is 6.95. The molecule has 3 rings (SSSR count). The predicted octanol–water partition coefficient (Wildman–Crippen LogP) is 3.39. The van der Waals surface area contributed by atoms with Crippen molar-refractivity contribution in [2.24, 2.45) is 0 Å². The van der Waals surface area contributed by atoms with Crippen molar-refractivity contribution in [2.45, 2.75) is 32.9 Å². The summed E-state index contributed by atoms with van der Waals surface area (Å²) in [5, 5.41) is 3.31. The van der Waals surface area contributed by atoms with Crippen LogP contribution in [0.15, 0.2) is 42.5 Å². The summed E-state index contributed by atoms with van der Waals surface area (Å²) in [4.78, 5) is 14.8. The third kappa shape index (κ3) is 3.37. The minimum atomic E-state index is -0.300. The Hall–Kier alpha value is -2.49. The minimum absolute atomic E-state index is 0.119. The van der Waals surface area contributed by atoms with Gasteiger partial charge in [0, 0.05) is 13.1 Å². The molecule has 126 valence electrons. The molecule has 0 fully saturated rings. The number of hydrogen-bond donors (Lipinski definition) is 1. The molecule has 1 unspecified atom stereocenters. The fraction of sp³-hybridized carbons (Fsp3) is 0.350. The summed E-state index contributed by atoms with van der Waals surface area (Å²) in [6.45, 7) is 5.39. The number of carbonyl (C=O) groups excluding carboxylic acids is 1. The summed E-state index contributed by atoms with van der Waals surface area (Å²) in [6, 6.07) is 14.0. The van der Waals surface area contributed by atoms with E-state index in [0.717, 1.165) is 30.0 Å². The van der Waals surface area contributed by atoms with Gasteiger partial charge in [-0.25, -0.2) is 0 Å². The molecule has 0 saturated carbocycles. The van der Waals surface area contributed by atoms with Gasteiger partial charge in [-0.15, -0.1) is 0 Å². The molecule has 2 aromatic carbocycles. The maximum atomic E-state index is 12.8. The van der Waals surface area contributed by atoms with Crippen LogP contribution in [0.3, 0.4) is 0 Å². The highest BCUT2D eigenvalue weighted by atomic mass is 16.5. The van der Waals surface area contributed by atoms with E-state index in [1.165, 1.54) is 11.1 Å². The molecule has 24 heavy (non-hydrogen) atoms. The third-order valence-electron chi connectivity index (χ3n) is 4.54. The Morgan fingerprint density at radius 3 is 2.71 bits per heavy atom. The van der Waals surface area contributed by atoms with Gasteiger partial charge in [-0.05, 0) is 49.1 Å². The predicted molar refractivity (Wildman–Crippen MR) is 96.4 cm³/mol. The van der Waals surface area contributed by atoms with Crippen molar-refractivity contribution in [3.8, 4) is 5.75 Å². The van der Waals surface area contributed by atoms with Gasteiger partial charge < -0.3 is 15.0 Å². The van der Waals surface area contributed by atoms with Crippen molar-refractivity contribution < 1.29 is 9.53 Å². The maximum Gasteiger partial charge on any atom is 0.245 e. The van der Waals surface area contributed by atoms with E-state index in [2.05, 4.69) is 23.5 Å². The van der Waals surface area contributed by atoms with Crippen LogP contribution in [0.2, 0.25) is 0 Å². The van der Waals surface area contributed by atoms with Crippen molar-refractivity contribution in [1.82, 2.24) is 4.90 Å². The highest BCUT2D eigenvalue weighted by Crippen LogP contribution is 2.26. The standard InChI is InChI=1S/C20H24N2O2/c1-14-8-9-19(24-3)18(12-14)21-15(2)20(23)22-11-10-16-6-4-5-7-17(16)13-22/h4-9,12,15,21H,10-11,13H2,1-3H3.